The second-order valence-corrected chi connectivity index (χ2v) is 6.31. The van der Waals surface area contributed by atoms with E-state index in [9.17, 15) is 8.42 Å². The van der Waals surface area contributed by atoms with E-state index in [1.165, 1.54) is 30.6 Å². The maximum Gasteiger partial charge on any atom is 0.243 e. The Kier molecular flexibility index (Phi) is 6.17. The van der Waals surface area contributed by atoms with Crippen LogP contribution in [0.1, 0.15) is 12.5 Å². The minimum atomic E-state index is -3.54. The lowest BCUT2D eigenvalue weighted by Gasteiger charge is -2.23. The number of likely N-dealkylation sites (N-methyl/N-ethyl adjacent to an activating group) is 1. The molecule has 0 aliphatic carbocycles. The first-order valence-electron chi connectivity index (χ1n) is 6.10. The summed E-state index contributed by atoms with van der Waals surface area (Å²) in [4.78, 5) is 0.206. The molecule has 0 amide bonds. The molecule has 20 heavy (non-hydrogen) atoms. The zero-order valence-corrected chi connectivity index (χ0v) is 12.6. The van der Waals surface area contributed by atoms with Gasteiger partial charge in [-0.05, 0) is 31.2 Å². The van der Waals surface area contributed by atoms with E-state index in [0.717, 1.165) is 0 Å². The van der Waals surface area contributed by atoms with E-state index in [1.54, 1.807) is 19.1 Å². The monoisotopic (exact) mass is 297 g/mol. The molecule has 0 saturated carbocycles. The van der Waals surface area contributed by atoms with Gasteiger partial charge >= 0.3 is 0 Å². The van der Waals surface area contributed by atoms with E-state index in [2.05, 4.69) is 11.8 Å². The van der Waals surface area contributed by atoms with Gasteiger partial charge in [-0.3, -0.25) is 0 Å². The summed E-state index contributed by atoms with van der Waals surface area (Å²) in [6.07, 6.45) is 0. The zero-order chi connectivity index (χ0) is 15.2. The van der Waals surface area contributed by atoms with Gasteiger partial charge in [0.05, 0.1) is 11.5 Å². The van der Waals surface area contributed by atoms with Crippen LogP contribution in [0.25, 0.3) is 0 Å². The molecule has 1 aromatic rings. The van der Waals surface area contributed by atoms with Crippen molar-refractivity contribution in [2.75, 3.05) is 27.4 Å². The first-order chi connectivity index (χ1) is 9.43. The highest BCUT2D eigenvalue weighted by Crippen LogP contribution is 2.17. The summed E-state index contributed by atoms with van der Waals surface area (Å²) < 4.78 is 31.0. The van der Waals surface area contributed by atoms with Crippen LogP contribution < -0.4 is 0 Å². The number of aliphatic hydroxyl groups is 1. The Morgan fingerprint density at radius 1 is 1.35 bits per heavy atom. The number of hydrogen-bond donors (Lipinski definition) is 1. The molecule has 1 aromatic carbocycles. The Balaban J connectivity index is 2.98. The highest BCUT2D eigenvalue weighted by Gasteiger charge is 2.25. The lowest BCUT2D eigenvalue weighted by atomic mass is 10.2. The molecule has 6 heteroatoms. The fourth-order valence-corrected chi connectivity index (χ4v) is 2.95. The van der Waals surface area contributed by atoms with Gasteiger partial charge in [0.15, 0.2) is 0 Å². The smallest absolute Gasteiger partial charge is 0.243 e. The van der Waals surface area contributed by atoms with Crippen molar-refractivity contribution in [1.82, 2.24) is 4.31 Å². The van der Waals surface area contributed by atoms with Crippen LogP contribution in [0.4, 0.5) is 0 Å². The highest BCUT2D eigenvalue weighted by atomic mass is 32.2. The van der Waals surface area contributed by atoms with Crippen molar-refractivity contribution in [3.05, 3.63) is 29.8 Å². The number of sulfonamides is 1. The van der Waals surface area contributed by atoms with Crippen LogP contribution in [-0.4, -0.2) is 51.2 Å². The molecule has 0 aliphatic rings. The summed E-state index contributed by atoms with van der Waals surface area (Å²) in [5.74, 6) is 5.23. The van der Waals surface area contributed by atoms with Crippen LogP contribution >= 0.6 is 0 Å². The Morgan fingerprint density at radius 3 is 2.45 bits per heavy atom. The molecule has 0 spiro atoms. The zero-order valence-electron chi connectivity index (χ0n) is 11.8. The van der Waals surface area contributed by atoms with Gasteiger partial charge in [0.25, 0.3) is 0 Å². The number of nitrogens with zero attached hydrogens (tertiary/aromatic N) is 1. The lowest BCUT2D eigenvalue weighted by Crippen LogP contribution is -2.37. The fourth-order valence-electron chi connectivity index (χ4n) is 1.60. The SMILES string of the molecule is COCC(C)N(C)S(=O)(=O)c1ccc(C#CCO)cc1. The van der Waals surface area contributed by atoms with Crippen LogP contribution in [0.15, 0.2) is 29.2 Å². The van der Waals surface area contributed by atoms with E-state index >= 15 is 0 Å². The molecule has 1 atom stereocenters. The summed E-state index contributed by atoms with van der Waals surface area (Å²) >= 11 is 0. The van der Waals surface area contributed by atoms with Crippen molar-refractivity contribution in [3.63, 3.8) is 0 Å². The fraction of sp³-hybridized carbons (Fsp3) is 0.429. The standard InChI is InChI=1S/C14H19NO4S/c1-12(11-19-3)15(2)20(17,18)14-8-6-13(7-9-14)5-4-10-16/h6-9,12,16H,10-11H2,1-3H3. The average molecular weight is 297 g/mol. The van der Waals surface area contributed by atoms with Crippen molar-refractivity contribution >= 4 is 10.0 Å². The molecule has 0 bridgehead atoms. The highest BCUT2D eigenvalue weighted by molar-refractivity contribution is 7.89. The summed E-state index contributed by atoms with van der Waals surface area (Å²) in [6, 6.07) is 5.99. The van der Waals surface area contributed by atoms with Crippen molar-refractivity contribution in [2.24, 2.45) is 0 Å². The van der Waals surface area contributed by atoms with E-state index in [4.69, 9.17) is 9.84 Å². The largest absolute Gasteiger partial charge is 0.384 e. The molecule has 0 aliphatic heterocycles. The minimum Gasteiger partial charge on any atom is -0.384 e. The van der Waals surface area contributed by atoms with E-state index in [1.807, 2.05) is 0 Å². The maximum absolute atomic E-state index is 12.4. The summed E-state index contributed by atoms with van der Waals surface area (Å²) in [5, 5.41) is 8.61. The van der Waals surface area contributed by atoms with E-state index < -0.39 is 10.0 Å². The molecule has 0 fully saturated rings. The Labute approximate surface area is 120 Å². The van der Waals surface area contributed by atoms with E-state index in [0.29, 0.717) is 12.2 Å². The van der Waals surface area contributed by atoms with Crippen LogP contribution in [0.5, 0.6) is 0 Å². The summed E-state index contributed by atoms with van der Waals surface area (Å²) in [6.45, 7) is 1.88. The van der Waals surface area contributed by atoms with Gasteiger partial charge in [0, 0.05) is 25.8 Å². The van der Waals surface area contributed by atoms with E-state index in [-0.39, 0.29) is 17.5 Å². The number of hydrogen-bond acceptors (Lipinski definition) is 4. The molecule has 110 valence electrons. The molecule has 1 unspecified atom stereocenters. The Morgan fingerprint density at radius 2 is 1.95 bits per heavy atom. The number of methoxy groups -OCH3 is 1. The average Bonchev–Trinajstić information content (AvgIpc) is 2.45. The topological polar surface area (TPSA) is 66.8 Å². The van der Waals surface area contributed by atoms with Gasteiger partial charge in [0.2, 0.25) is 10.0 Å². The predicted octanol–water partition coefficient (Wildman–Crippen LogP) is 0.686. The van der Waals surface area contributed by atoms with Crippen molar-refractivity contribution in [2.45, 2.75) is 17.9 Å². The third-order valence-corrected chi connectivity index (χ3v) is 4.86. The molecule has 0 radical (unpaired) electrons. The Hall–Kier alpha value is -1.39. The quantitative estimate of drug-likeness (QED) is 0.812. The molecule has 0 saturated heterocycles. The van der Waals surface area contributed by atoms with Gasteiger partial charge in [-0.1, -0.05) is 11.8 Å². The van der Waals surface area contributed by atoms with Crippen LogP contribution in [0.3, 0.4) is 0 Å². The maximum atomic E-state index is 12.4. The predicted molar refractivity (Wildman–Crippen MR) is 76.7 cm³/mol. The molecular weight excluding hydrogens is 278 g/mol. The van der Waals surface area contributed by atoms with Crippen molar-refractivity contribution in [1.29, 1.82) is 0 Å². The van der Waals surface area contributed by atoms with Crippen LogP contribution in [0, 0.1) is 11.8 Å². The van der Waals surface area contributed by atoms with Gasteiger partial charge in [0.1, 0.15) is 6.61 Å². The van der Waals surface area contributed by atoms with Gasteiger partial charge in [-0.25, -0.2) is 8.42 Å². The minimum absolute atomic E-state index is 0.206. The number of aliphatic hydroxyl groups excluding tert-OH is 1. The third-order valence-electron chi connectivity index (χ3n) is 2.87. The molecule has 1 N–H and O–H groups in total. The third kappa shape index (κ3) is 4.05. The van der Waals surface area contributed by atoms with Gasteiger partial charge in [-0.2, -0.15) is 4.31 Å². The second-order valence-electron chi connectivity index (χ2n) is 4.31. The van der Waals surface area contributed by atoms with Gasteiger partial charge in [-0.15, -0.1) is 0 Å². The van der Waals surface area contributed by atoms with Crippen molar-refractivity contribution in [3.8, 4) is 11.8 Å². The molecule has 0 aromatic heterocycles. The Bertz CT molecular complexity index is 584. The summed E-state index contributed by atoms with van der Waals surface area (Å²) in [5.41, 5.74) is 0.658. The van der Waals surface area contributed by atoms with Crippen molar-refractivity contribution < 1.29 is 18.3 Å². The van der Waals surface area contributed by atoms with Gasteiger partial charge < -0.3 is 9.84 Å². The molecular formula is C14H19NO4S. The number of benzene rings is 1. The molecule has 0 heterocycles. The lowest BCUT2D eigenvalue weighted by molar-refractivity contribution is 0.149. The summed E-state index contributed by atoms with van der Waals surface area (Å²) in [7, 11) is -0.482. The normalized spacial score (nSPS) is 12.8. The second kappa shape index (κ2) is 7.41. The first kappa shape index (κ1) is 16.7. The van der Waals surface area contributed by atoms with Crippen LogP contribution in [0.2, 0.25) is 0 Å². The first-order valence-corrected chi connectivity index (χ1v) is 7.54. The molecule has 5 nitrogen and oxygen atoms in total. The number of ether oxygens (including phenoxy) is 1. The van der Waals surface area contributed by atoms with Crippen LogP contribution in [-0.2, 0) is 14.8 Å². The molecule has 1 rings (SSSR count). The number of rotatable bonds is 5.